The van der Waals surface area contributed by atoms with Gasteiger partial charge in [-0.2, -0.15) is 0 Å². The van der Waals surface area contributed by atoms with E-state index in [1.54, 1.807) is 0 Å². The Kier molecular flexibility index (Phi) is 4.34. The fourth-order valence-corrected chi connectivity index (χ4v) is 2.31. The molecule has 88 valence electrons. The Labute approximate surface area is 98.7 Å². The van der Waals surface area contributed by atoms with E-state index in [2.05, 4.69) is 28.9 Å². The first-order chi connectivity index (χ1) is 7.88. The van der Waals surface area contributed by atoms with Crippen LogP contribution >= 0.6 is 0 Å². The van der Waals surface area contributed by atoms with Crippen LogP contribution in [0.5, 0.6) is 0 Å². The van der Waals surface area contributed by atoms with Crippen molar-refractivity contribution in [1.29, 1.82) is 0 Å². The summed E-state index contributed by atoms with van der Waals surface area (Å²) in [7, 11) is 0. The van der Waals surface area contributed by atoms with Crippen molar-refractivity contribution in [3.63, 3.8) is 0 Å². The Bertz CT molecular complexity index is 297. The molecule has 2 heteroatoms. The summed E-state index contributed by atoms with van der Waals surface area (Å²) < 4.78 is 0. The first-order valence-electron chi connectivity index (χ1n) is 6.54. The van der Waals surface area contributed by atoms with Crippen molar-refractivity contribution in [2.75, 3.05) is 13.1 Å². The predicted octanol–water partition coefficient (Wildman–Crippen LogP) is 3.02. The molecule has 1 fully saturated rings. The topological polar surface area (TPSA) is 16.1 Å². The Morgan fingerprint density at radius 3 is 2.44 bits per heavy atom. The first kappa shape index (κ1) is 11.6. The van der Waals surface area contributed by atoms with Crippen LogP contribution in [0.3, 0.4) is 0 Å². The maximum Gasteiger partial charge on any atom is 0.0401 e. The van der Waals surface area contributed by atoms with Gasteiger partial charge >= 0.3 is 0 Å². The number of rotatable bonds is 3. The molecule has 0 aromatic carbocycles. The average Bonchev–Trinajstić information content (AvgIpc) is 2.59. The standard InChI is InChI=1S/C14H22N2/c1-2-14-8-7-13(11-15-14)12-16-9-5-3-4-6-10-16/h7-8,11H,2-6,9-10,12H2,1H3. The Hall–Kier alpha value is -0.890. The van der Waals surface area contributed by atoms with E-state index in [4.69, 9.17) is 0 Å². The van der Waals surface area contributed by atoms with E-state index in [1.807, 2.05) is 6.20 Å². The Morgan fingerprint density at radius 1 is 1.12 bits per heavy atom. The van der Waals surface area contributed by atoms with Crippen LogP contribution in [-0.4, -0.2) is 23.0 Å². The van der Waals surface area contributed by atoms with E-state index in [-0.39, 0.29) is 0 Å². The molecule has 0 saturated carbocycles. The summed E-state index contributed by atoms with van der Waals surface area (Å²) in [4.78, 5) is 7.02. The number of aromatic nitrogens is 1. The van der Waals surface area contributed by atoms with Gasteiger partial charge < -0.3 is 0 Å². The van der Waals surface area contributed by atoms with Gasteiger partial charge in [-0.3, -0.25) is 9.88 Å². The van der Waals surface area contributed by atoms with E-state index in [0.29, 0.717) is 0 Å². The fourth-order valence-electron chi connectivity index (χ4n) is 2.31. The molecule has 1 aliphatic rings. The number of likely N-dealkylation sites (tertiary alicyclic amines) is 1. The monoisotopic (exact) mass is 218 g/mol. The second-order valence-corrected chi connectivity index (χ2v) is 4.70. The molecular weight excluding hydrogens is 196 g/mol. The second-order valence-electron chi connectivity index (χ2n) is 4.70. The minimum Gasteiger partial charge on any atom is -0.299 e. The normalized spacial score (nSPS) is 18.3. The van der Waals surface area contributed by atoms with Crippen LogP contribution in [0, 0.1) is 0 Å². The maximum atomic E-state index is 4.46. The van der Waals surface area contributed by atoms with E-state index in [1.165, 1.54) is 50.0 Å². The number of nitrogens with zero attached hydrogens (tertiary/aromatic N) is 2. The van der Waals surface area contributed by atoms with Crippen molar-refractivity contribution in [3.05, 3.63) is 29.6 Å². The number of hydrogen-bond acceptors (Lipinski definition) is 2. The summed E-state index contributed by atoms with van der Waals surface area (Å²) in [6, 6.07) is 4.39. The number of pyridine rings is 1. The molecule has 1 aromatic heterocycles. The molecule has 16 heavy (non-hydrogen) atoms. The molecule has 0 bridgehead atoms. The third-order valence-corrected chi connectivity index (χ3v) is 3.35. The van der Waals surface area contributed by atoms with Crippen LogP contribution in [0.1, 0.15) is 43.9 Å². The van der Waals surface area contributed by atoms with Crippen molar-refractivity contribution in [2.24, 2.45) is 0 Å². The van der Waals surface area contributed by atoms with Gasteiger partial charge in [0.25, 0.3) is 0 Å². The van der Waals surface area contributed by atoms with E-state index in [9.17, 15) is 0 Å². The van der Waals surface area contributed by atoms with Crippen LogP contribution in [0.4, 0.5) is 0 Å². The summed E-state index contributed by atoms with van der Waals surface area (Å²) in [6.45, 7) is 5.75. The van der Waals surface area contributed by atoms with Crippen LogP contribution in [0.25, 0.3) is 0 Å². The van der Waals surface area contributed by atoms with Gasteiger partial charge in [-0.15, -0.1) is 0 Å². The van der Waals surface area contributed by atoms with Gasteiger partial charge in [0, 0.05) is 18.4 Å². The lowest BCUT2D eigenvalue weighted by molar-refractivity contribution is 0.276. The van der Waals surface area contributed by atoms with Gasteiger partial charge in [-0.25, -0.2) is 0 Å². The first-order valence-corrected chi connectivity index (χ1v) is 6.54. The number of aryl methyl sites for hydroxylation is 1. The second kappa shape index (κ2) is 6.00. The Morgan fingerprint density at radius 2 is 1.88 bits per heavy atom. The fraction of sp³-hybridized carbons (Fsp3) is 0.643. The van der Waals surface area contributed by atoms with Gasteiger partial charge in [0.15, 0.2) is 0 Å². The van der Waals surface area contributed by atoms with E-state index in [0.717, 1.165) is 13.0 Å². The highest BCUT2D eigenvalue weighted by atomic mass is 15.1. The average molecular weight is 218 g/mol. The molecule has 0 amide bonds. The molecule has 0 atom stereocenters. The summed E-state index contributed by atoms with van der Waals surface area (Å²) in [6.07, 6.45) is 8.61. The highest BCUT2D eigenvalue weighted by Crippen LogP contribution is 2.13. The van der Waals surface area contributed by atoms with Crippen molar-refractivity contribution in [1.82, 2.24) is 9.88 Å². The zero-order valence-corrected chi connectivity index (χ0v) is 10.3. The summed E-state index contributed by atoms with van der Waals surface area (Å²) in [5.74, 6) is 0. The molecule has 2 nitrogen and oxygen atoms in total. The van der Waals surface area contributed by atoms with Crippen LogP contribution in [0.15, 0.2) is 18.3 Å². The third-order valence-electron chi connectivity index (χ3n) is 3.35. The lowest BCUT2D eigenvalue weighted by atomic mass is 10.2. The molecule has 0 radical (unpaired) electrons. The van der Waals surface area contributed by atoms with Gasteiger partial charge in [-0.1, -0.05) is 25.8 Å². The highest BCUT2D eigenvalue weighted by Gasteiger charge is 2.09. The van der Waals surface area contributed by atoms with Crippen molar-refractivity contribution >= 4 is 0 Å². The SMILES string of the molecule is CCc1ccc(CN2CCCCCC2)cn1. The minimum atomic E-state index is 1.03. The zero-order valence-electron chi connectivity index (χ0n) is 10.3. The molecule has 1 aromatic rings. The lowest BCUT2D eigenvalue weighted by Gasteiger charge is -2.19. The van der Waals surface area contributed by atoms with Crippen molar-refractivity contribution < 1.29 is 0 Å². The van der Waals surface area contributed by atoms with Gasteiger partial charge in [0.1, 0.15) is 0 Å². The largest absolute Gasteiger partial charge is 0.299 e. The summed E-state index contributed by atoms with van der Waals surface area (Å²) in [5.41, 5.74) is 2.55. The molecule has 2 heterocycles. The van der Waals surface area contributed by atoms with Crippen LogP contribution in [0.2, 0.25) is 0 Å². The quantitative estimate of drug-likeness (QED) is 0.775. The van der Waals surface area contributed by atoms with Gasteiger partial charge in [0.05, 0.1) is 0 Å². The lowest BCUT2D eigenvalue weighted by Crippen LogP contribution is -2.24. The van der Waals surface area contributed by atoms with E-state index >= 15 is 0 Å². The highest BCUT2D eigenvalue weighted by molar-refractivity contribution is 5.13. The zero-order chi connectivity index (χ0) is 11.2. The molecule has 0 aliphatic carbocycles. The van der Waals surface area contributed by atoms with Crippen LogP contribution in [-0.2, 0) is 13.0 Å². The van der Waals surface area contributed by atoms with E-state index < -0.39 is 0 Å². The third kappa shape index (κ3) is 3.31. The van der Waals surface area contributed by atoms with Gasteiger partial charge in [-0.05, 0) is 44.0 Å². The summed E-state index contributed by atoms with van der Waals surface area (Å²) in [5, 5.41) is 0. The maximum absolute atomic E-state index is 4.46. The summed E-state index contributed by atoms with van der Waals surface area (Å²) >= 11 is 0. The molecule has 0 spiro atoms. The minimum absolute atomic E-state index is 1.03. The predicted molar refractivity (Wildman–Crippen MR) is 67.4 cm³/mol. The molecule has 2 rings (SSSR count). The molecule has 1 saturated heterocycles. The van der Waals surface area contributed by atoms with Crippen molar-refractivity contribution in [2.45, 2.75) is 45.6 Å². The smallest absolute Gasteiger partial charge is 0.0401 e. The Balaban J connectivity index is 1.91. The van der Waals surface area contributed by atoms with Gasteiger partial charge in [0.2, 0.25) is 0 Å². The molecular formula is C14H22N2. The van der Waals surface area contributed by atoms with Crippen LogP contribution < -0.4 is 0 Å². The molecule has 0 N–H and O–H groups in total. The van der Waals surface area contributed by atoms with Crippen molar-refractivity contribution in [3.8, 4) is 0 Å². The molecule has 0 unspecified atom stereocenters. The number of hydrogen-bond donors (Lipinski definition) is 0. The molecule has 1 aliphatic heterocycles.